The lowest BCUT2D eigenvalue weighted by Gasteiger charge is -2.36. The normalized spacial score (nSPS) is 14.4. The molecule has 150 valence electrons. The molecule has 1 fully saturated rings. The van der Waals surface area contributed by atoms with Crippen molar-refractivity contribution in [1.29, 1.82) is 0 Å². The van der Waals surface area contributed by atoms with Crippen molar-refractivity contribution in [2.24, 2.45) is 0 Å². The van der Waals surface area contributed by atoms with E-state index in [9.17, 15) is 9.59 Å². The van der Waals surface area contributed by atoms with Gasteiger partial charge in [0.25, 0.3) is 11.5 Å². The van der Waals surface area contributed by atoms with Crippen LogP contribution < -0.4 is 10.5 Å². The summed E-state index contributed by atoms with van der Waals surface area (Å²) in [6, 6.07) is 18.6. The van der Waals surface area contributed by atoms with E-state index in [1.165, 1.54) is 4.40 Å². The molecule has 0 atom stereocenters. The van der Waals surface area contributed by atoms with Crippen LogP contribution in [-0.4, -0.2) is 46.4 Å². The first-order chi connectivity index (χ1) is 14.6. The number of aromatic nitrogens is 2. The van der Waals surface area contributed by atoms with Gasteiger partial charge in [0.2, 0.25) is 0 Å². The zero-order valence-electron chi connectivity index (χ0n) is 16.2. The molecule has 0 unspecified atom stereocenters. The van der Waals surface area contributed by atoms with E-state index in [2.05, 4.69) is 22.0 Å². The number of hydrogen-bond acceptors (Lipinski definition) is 4. The summed E-state index contributed by atoms with van der Waals surface area (Å²) < 4.78 is 1.42. The highest BCUT2D eigenvalue weighted by Crippen LogP contribution is 2.20. The largest absolute Gasteiger partial charge is 0.368 e. The van der Waals surface area contributed by atoms with Crippen LogP contribution in [0.25, 0.3) is 16.6 Å². The maximum Gasteiger partial charge on any atom is 0.265 e. The summed E-state index contributed by atoms with van der Waals surface area (Å²) in [5.41, 5.74) is 2.25. The second-order valence-corrected chi connectivity index (χ2v) is 7.75. The number of carbonyl (C=O) groups is 1. The zero-order chi connectivity index (χ0) is 20.7. The average Bonchev–Trinajstić information content (AvgIpc) is 2.80. The Kier molecular flexibility index (Phi) is 4.64. The minimum absolute atomic E-state index is 0.110. The first-order valence-electron chi connectivity index (χ1n) is 9.82. The number of amides is 1. The number of benzene rings is 2. The van der Waals surface area contributed by atoms with Gasteiger partial charge in [0.1, 0.15) is 0 Å². The van der Waals surface area contributed by atoms with Crippen molar-refractivity contribution in [2.75, 3.05) is 31.1 Å². The molecule has 6 nitrogen and oxygen atoms in total. The van der Waals surface area contributed by atoms with Gasteiger partial charge in [-0.05, 0) is 42.5 Å². The first-order valence-corrected chi connectivity index (χ1v) is 10.2. The standard InChI is InChI=1S/C23H19ClN4O2/c24-16-8-9-20-19(15-16)23(30)28-10-4-7-18(21(28)25-20)22(29)27-13-11-26(12-14-27)17-5-2-1-3-6-17/h1-10,15H,11-14H2. The lowest BCUT2D eigenvalue weighted by atomic mass is 10.1. The summed E-state index contributed by atoms with van der Waals surface area (Å²) in [5, 5.41) is 0.908. The van der Waals surface area contributed by atoms with Gasteiger partial charge in [0, 0.05) is 43.1 Å². The Morgan fingerprint density at radius 2 is 1.70 bits per heavy atom. The van der Waals surface area contributed by atoms with Gasteiger partial charge in [-0.2, -0.15) is 0 Å². The van der Waals surface area contributed by atoms with Crippen LogP contribution in [0.15, 0.2) is 71.7 Å². The highest BCUT2D eigenvalue weighted by Gasteiger charge is 2.24. The smallest absolute Gasteiger partial charge is 0.265 e. The second-order valence-electron chi connectivity index (χ2n) is 7.31. The van der Waals surface area contributed by atoms with Crippen molar-refractivity contribution < 1.29 is 4.79 Å². The topological polar surface area (TPSA) is 57.9 Å². The number of pyridine rings is 1. The molecule has 0 N–H and O–H groups in total. The molecular weight excluding hydrogens is 400 g/mol. The minimum Gasteiger partial charge on any atom is -0.368 e. The molecule has 0 aliphatic carbocycles. The number of anilines is 1. The molecule has 1 saturated heterocycles. The van der Waals surface area contributed by atoms with E-state index in [0.717, 1.165) is 18.8 Å². The third-order valence-corrected chi connectivity index (χ3v) is 5.76. The molecule has 1 aliphatic heterocycles. The molecule has 0 spiro atoms. The van der Waals surface area contributed by atoms with Crippen LogP contribution in [0.4, 0.5) is 5.69 Å². The van der Waals surface area contributed by atoms with E-state index >= 15 is 0 Å². The number of nitrogens with zero attached hydrogens (tertiary/aromatic N) is 4. The van der Waals surface area contributed by atoms with Gasteiger partial charge in [0.05, 0.1) is 16.5 Å². The van der Waals surface area contributed by atoms with Gasteiger partial charge in [-0.25, -0.2) is 4.98 Å². The third-order valence-electron chi connectivity index (χ3n) is 5.52. The Morgan fingerprint density at radius 1 is 0.933 bits per heavy atom. The van der Waals surface area contributed by atoms with Crippen molar-refractivity contribution >= 4 is 39.7 Å². The Bertz CT molecular complexity index is 1310. The lowest BCUT2D eigenvalue weighted by Crippen LogP contribution is -2.49. The fraction of sp³-hybridized carbons (Fsp3) is 0.174. The Labute approximate surface area is 177 Å². The predicted molar refractivity (Wildman–Crippen MR) is 119 cm³/mol. The second kappa shape index (κ2) is 7.46. The molecule has 0 saturated carbocycles. The summed E-state index contributed by atoms with van der Waals surface area (Å²) in [4.78, 5) is 34.9. The van der Waals surface area contributed by atoms with E-state index in [0.29, 0.717) is 40.2 Å². The number of carbonyl (C=O) groups excluding carboxylic acids is 1. The number of piperazine rings is 1. The van der Waals surface area contributed by atoms with Crippen LogP contribution in [0.5, 0.6) is 0 Å². The summed E-state index contributed by atoms with van der Waals surface area (Å²) in [5.74, 6) is -0.110. The molecule has 2 aromatic heterocycles. The van der Waals surface area contributed by atoms with Crippen molar-refractivity contribution in [1.82, 2.24) is 14.3 Å². The Balaban J connectivity index is 1.48. The Hall–Kier alpha value is -3.38. The monoisotopic (exact) mass is 418 g/mol. The van der Waals surface area contributed by atoms with Gasteiger partial charge in [-0.3, -0.25) is 14.0 Å². The number of fused-ring (bicyclic) bond motifs is 2. The van der Waals surface area contributed by atoms with Crippen LogP contribution in [0.3, 0.4) is 0 Å². The van der Waals surface area contributed by atoms with Crippen molar-refractivity contribution in [3.63, 3.8) is 0 Å². The van der Waals surface area contributed by atoms with Gasteiger partial charge >= 0.3 is 0 Å². The van der Waals surface area contributed by atoms with Gasteiger partial charge in [0.15, 0.2) is 5.65 Å². The highest BCUT2D eigenvalue weighted by atomic mass is 35.5. The summed E-state index contributed by atoms with van der Waals surface area (Å²) in [7, 11) is 0. The van der Waals surface area contributed by atoms with Crippen molar-refractivity contribution in [2.45, 2.75) is 0 Å². The number of rotatable bonds is 2. The van der Waals surface area contributed by atoms with Crippen LogP contribution in [0, 0.1) is 0 Å². The summed E-state index contributed by atoms with van der Waals surface area (Å²) in [6.45, 7) is 2.75. The molecule has 1 aliphatic rings. The number of halogens is 1. The van der Waals surface area contributed by atoms with E-state index in [4.69, 9.17) is 11.6 Å². The quantitative estimate of drug-likeness (QED) is 0.468. The molecule has 1 amide bonds. The number of hydrogen-bond donors (Lipinski definition) is 0. The van der Waals surface area contributed by atoms with Crippen molar-refractivity contribution in [3.8, 4) is 0 Å². The fourth-order valence-electron chi connectivity index (χ4n) is 3.94. The van der Waals surface area contributed by atoms with Crippen LogP contribution in [0.2, 0.25) is 5.02 Å². The van der Waals surface area contributed by atoms with Gasteiger partial charge < -0.3 is 9.80 Å². The van der Waals surface area contributed by atoms with Crippen LogP contribution in [0.1, 0.15) is 10.4 Å². The lowest BCUT2D eigenvalue weighted by molar-refractivity contribution is 0.0748. The number of para-hydroxylation sites is 1. The molecule has 5 rings (SSSR count). The SMILES string of the molecule is O=C(c1cccn2c(=O)c3cc(Cl)ccc3nc12)N1CCN(c2ccccc2)CC1. The average molecular weight is 419 g/mol. The van der Waals surface area contributed by atoms with E-state index in [1.807, 2.05) is 23.1 Å². The van der Waals surface area contributed by atoms with Gasteiger partial charge in [-0.1, -0.05) is 29.8 Å². The van der Waals surface area contributed by atoms with Gasteiger partial charge in [-0.15, -0.1) is 0 Å². The Morgan fingerprint density at radius 3 is 2.47 bits per heavy atom. The maximum absolute atomic E-state index is 13.3. The zero-order valence-corrected chi connectivity index (χ0v) is 16.9. The molecule has 0 bridgehead atoms. The van der Waals surface area contributed by atoms with Crippen LogP contribution >= 0.6 is 11.6 Å². The highest BCUT2D eigenvalue weighted by molar-refractivity contribution is 6.31. The molecular formula is C23H19ClN4O2. The van der Waals surface area contributed by atoms with Crippen LogP contribution in [-0.2, 0) is 0 Å². The molecule has 0 radical (unpaired) electrons. The molecule has 30 heavy (non-hydrogen) atoms. The third kappa shape index (κ3) is 3.19. The molecule has 2 aromatic carbocycles. The fourth-order valence-corrected chi connectivity index (χ4v) is 4.12. The van der Waals surface area contributed by atoms with E-state index in [1.54, 1.807) is 36.5 Å². The van der Waals surface area contributed by atoms with E-state index < -0.39 is 0 Å². The first kappa shape index (κ1) is 18.6. The maximum atomic E-state index is 13.3. The molecule has 4 aromatic rings. The van der Waals surface area contributed by atoms with E-state index in [-0.39, 0.29) is 11.5 Å². The predicted octanol–water partition coefficient (Wildman–Crippen LogP) is 3.46. The van der Waals surface area contributed by atoms with Crippen molar-refractivity contribution in [3.05, 3.63) is 87.8 Å². The minimum atomic E-state index is -0.235. The molecule has 3 heterocycles. The summed E-state index contributed by atoms with van der Waals surface area (Å²) in [6.07, 6.45) is 1.63. The summed E-state index contributed by atoms with van der Waals surface area (Å²) >= 11 is 6.04. The molecule has 7 heteroatoms.